The summed E-state index contributed by atoms with van der Waals surface area (Å²) in [5.41, 5.74) is 0. The second kappa shape index (κ2) is 8.48. The van der Waals surface area contributed by atoms with Crippen LogP contribution in [-0.4, -0.2) is 41.7 Å². The summed E-state index contributed by atoms with van der Waals surface area (Å²) in [5.74, 6) is -3.29. The standard InChI is InChI=1S/C20H28F4N2O/c21-17-6-5-13(9-16(10-17)19(27)26-7-1-2-8-26)14-3-4-15(12-25)18(11-14)20(22,23)24/h5-6,13-19,27H,1-4,7-11H2. The highest BCUT2D eigenvalue weighted by molar-refractivity contribution is 5.04. The van der Waals surface area contributed by atoms with Crippen molar-refractivity contribution in [2.45, 2.75) is 63.5 Å². The summed E-state index contributed by atoms with van der Waals surface area (Å²) < 4.78 is 54.4. The van der Waals surface area contributed by atoms with Crippen LogP contribution in [0.4, 0.5) is 17.6 Å². The maximum absolute atomic E-state index is 14.2. The van der Waals surface area contributed by atoms with Gasteiger partial charge in [0.05, 0.1) is 17.9 Å². The van der Waals surface area contributed by atoms with Gasteiger partial charge in [0.25, 0.3) is 0 Å². The lowest BCUT2D eigenvalue weighted by molar-refractivity contribution is -0.196. The van der Waals surface area contributed by atoms with Crippen molar-refractivity contribution < 1.29 is 22.7 Å². The number of halogens is 4. The van der Waals surface area contributed by atoms with Crippen molar-refractivity contribution in [1.29, 1.82) is 5.26 Å². The Morgan fingerprint density at radius 1 is 1.07 bits per heavy atom. The third-order valence-electron chi connectivity index (χ3n) is 6.69. The van der Waals surface area contributed by atoms with Gasteiger partial charge < -0.3 is 5.11 Å². The number of alkyl halides is 4. The molecule has 2 fully saturated rings. The van der Waals surface area contributed by atoms with E-state index in [-0.39, 0.29) is 37.0 Å². The van der Waals surface area contributed by atoms with E-state index in [9.17, 15) is 22.7 Å². The largest absolute Gasteiger partial charge is 0.393 e. The zero-order chi connectivity index (χ0) is 19.6. The maximum Gasteiger partial charge on any atom is 0.393 e. The van der Waals surface area contributed by atoms with Crippen LogP contribution in [0.15, 0.2) is 12.2 Å². The molecule has 1 N–H and O–H groups in total. The van der Waals surface area contributed by atoms with Crippen LogP contribution < -0.4 is 0 Å². The van der Waals surface area contributed by atoms with Crippen LogP contribution in [0.1, 0.15) is 44.9 Å². The molecular formula is C20H28F4N2O. The summed E-state index contributed by atoms with van der Waals surface area (Å²) in [6, 6.07) is 1.82. The molecule has 3 aliphatic rings. The van der Waals surface area contributed by atoms with E-state index in [0.717, 1.165) is 25.9 Å². The Kier molecular flexibility index (Phi) is 6.47. The molecule has 0 bridgehead atoms. The molecule has 27 heavy (non-hydrogen) atoms. The Labute approximate surface area is 158 Å². The third-order valence-corrected chi connectivity index (χ3v) is 6.69. The summed E-state index contributed by atoms with van der Waals surface area (Å²) in [6.45, 7) is 1.58. The van der Waals surface area contributed by atoms with Gasteiger partial charge >= 0.3 is 6.18 Å². The van der Waals surface area contributed by atoms with E-state index in [4.69, 9.17) is 5.26 Å². The fourth-order valence-electron chi connectivity index (χ4n) is 5.16. The van der Waals surface area contributed by atoms with E-state index >= 15 is 0 Å². The van der Waals surface area contributed by atoms with Crippen molar-refractivity contribution in [2.24, 2.45) is 29.6 Å². The maximum atomic E-state index is 14.2. The van der Waals surface area contributed by atoms with Gasteiger partial charge in [0.1, 0.15) is 12.4 Å². The van der Waals surface area contributed by atoms with Gasteiger partial charge in [-0.25, -0.2) is 4.39 Å². The molecule has 0 aromatic carbocycles. The van der Waals surface area contributed by atoms with E-state index < -0.39 is 30.4 Å². The highest BCUT2D eigenvalue weighted by Gasteiger charge is 2.49. The average molecular weight is 388 g/mol. The lowest BCUT2D eigenvalue weighted by Gasteiger charge is -2.38. The summed E-state index contributed by atoms with van der Waals surface area (Å²) >= 11 is 0. The minimum Gasteiger partial charge on any atom is -0.378 e. The highest BCUT2D eigenvalue weighted by atomic mass is 19.4. The van der Waals surface area contributed by atoms with Crippen LogP contribution in [-0.2, 0) is 0 Å². The van der Waals surface area contributed by atoms with E-state index in [2.05, 4.69) is 0 Å². The van der Waals surface area contributed by atoms with Gasteiger partial charge in [-0.2, -0.15) is 18.4 Å². The van der Waals surface area contributed by atoms with E-state index in [0.29, 0.717) is 12.8 Å². The van der Waals surface area contributed by atoms with Gasteiger partial charge in [-0.15, -0.1) is 0 Å². The van der Waals surface area contributed by atoms with Crippen LogP contribution in [0.5, 0.6) is 0 Å². The molecule has 3 rings (SSSR count). The second-order valence-electron chi connectivity index (χ2n) is 8.41. The predicted octanol–water partition coefficient (Wildman–Crippen LogP) is 4.44. The molecule has 7 atom stereocenters. The van der Waals surface area contributed by atoms with Crippen molar-refractivity contribution >= 4 is 0 Å². The third kappa shape index (κ3) is 4.83. The number of hydrogen-bond donors (Lipinski definition) is 1. The highest BCUT2D eigenvalue weighted by Crippen LogP contribution is 2.47. The minimum atomic E-state index is -4.38. The molecule has 1 aliphatic heterocycles. The summed E-state index contributed by atoms with van der Waals surface area (Å²) in [5, 5.41) is 19.8. The zero-order valence-corrected chi connectivity index (χ0v) is 15.4. The Hall–Kier alpha value is -1.13. The Morgan fingerprint density at radius 2 is 1.78 bits per heavy atom. The molecule has 0 aromatic rings. The number of nitriles is 1. The predicted molar refractivity (Wildman–Crippen MR) is 93.1 cm³/mol. The first kappa shape index (κ1) is 20.6. The quantitative estimate of drug-likeness (QED) is 0.574. The van der Waals surface area contributed by atoms with Crippen LogP contribution in [0.2, 0.25) is 0 Å². The first-order valence-corrected chi connectivity index (χ1v) is 10.0. The van der Waals surface area contributed by atoms with Gasteiger partial charge in [-0.3, -0.25) is 4.90 Å². The Bertz CT molecular complexity index is 567. The van der Waals surface area contributed by atoms with Crippen molar-refractivity contribution in [2.75, 3.05) is 13.1 Å². The molecule has 1 saturated heterocycles. The van der Waals surface area contributed by atoms with Crippen molar-refractivity contribution in [3.05, 3.63) is 12.2 Å². The second-order valence-corrected chi connectivity index (χ2v) is 8.41. The molecule has 1 heterocycles. The smallest absolute Gasteiger partial charge is 0.378 e. The number of nitrogens with zero attached hydrogens (tertiary/aromatic N) is 2. The normalized spacial score (nSPS) is 39.7. The zero-order valence-electron chi connectivity index (χ0n) is 15.4. The van der Waals surface area contributed by atoms with E-state index in [1.54, 1.807) is 6.08 Å². The molecule has 3 nitrogen and oxygen atoms in total. The fourth-order valence-corrected chi connectivity index (χ4v) is 5.16. The molecule has 2 aliphatic carbocycles. The first-order valence-electron chi connectivity index (χ1n) is 10.0. The number of likely N-dealkylation sites (tertiary alicyclic amines) is 1. The number of aliphatic hydroxyl groups excluding tert-OH is 1. The van der Waals surface area contributed by atoms with E-state index in [1.807, 2.05) is 11.0 Å². The summed E-state index contributed by atoms with van der Waals surface area (Å²) in [6.07, 6.45) is 0.316. The molecule has 0 amide bonds. The van der Waals surface area contributed by atoms with Crippen molar-refractivity contribution in [3.8, 4) is 6.07 Å². The molecule has 1 saturated carbocycles. The van der Waals surface area contributed by atoms with Crippen LogP contribution in [0.25, 0.3) is 0 Å². The molecule has 152 valence electrons. The molecular weight excluding hydrogens is 360 g/mol. The number of aliphatic hydroxyl groups is 1. The monoisotopic (exact) mass is 388 g/mol. The molecule has 0 aromatic heterocycles. The Morgan fingerprint density at radius 3 is 2.41 bits per heavy atom. The fraction of sp³-hybridized carbons (Fsp3) is 0.850. The molecule has 7 unspecified atom stereocenters. The van der Waals surface area contributed by atoms with Gasteiger partial charge in [-0.1, -0.05) is 12.2 Å². The first-order chi connectivity index (χ1) is 12.8. The lowest BCUT2D eigenvalue weighted by Crippen LogP contribution is -2.41. The minimum absolute atomic E-state index is 0.0831. The van der Waals surface area contributed by atoms with Gasteiger partial charge in [0, 0.05) is 19.0 Å². The van der Waals surface area contributed by atoms with Gasteiger partial charge in [0.2, 0.25) is 0 Å². The SMILES string of the molecule is N#CC1CCC(C2C=CC(F)CC(C(O)N3CCCC3)C2)CC1C(F)(F)F. The molecule has 7 heteroatoms. The summed E-state index contributed by atoms with van der Waals surface area (Å²) in [7, 11) is 0. The van der Waals surface area contributed by atoms with Crippen LogP contribution >= 0.6 is 0 Å². The Balaban J connectivity index is 1.72. The van der Waals surface area contributed by atoms with Gasteiger partial charge in [-0.05, 0) is 56.8 Å². The van der Waals surface area contributed by atoms with E-state index in [1.165, 1.54) is 6.08 Å². The average Bonchev–Trinajstić information content (AvgIpc) is 3.09. The number of allylic oxidation sites excluding steroid dienone is 2. The van der Waals surface area contributed by atoms with Crippen molar-refractivity contribution in [1.82, 2.24) is 4.90 Å². The van der Waals surface area contributed by atoms with Crippen LogP contribution in [0.3, 0.4) is 0 Å². The summed E-state index contributed by atoms with van der Waals surface area (Å²) in [4.78, 5) is 1.96. The van der Waals surface area contributed by atoms with Gasteiger partial charge in [0.15, 0.2) is 0 Å². The lowest BCUT2D eigenvalue weighted by atomic mass is 9.68. The molecule has 0 radical (unpaired) electrons. The molecule has 0 spiro atoms. The van der Waals surface area contributed by atoms with Crippen molar-refractivity contribution in [3.63, 3.8) is 0 Å². The van der Waals surface area contributed by atoms with Crippen LogP contribution in [0, 0.1) is 40.9 Å². The topological polar surface area (TPSA) is 47.3 Å². The number of hydrogen-bond acceptors (Lipinski definition) is 3. The number of rotatable bonds is 3.